The van der Waals surface area contributed by atoms with Crippen molar-refractivity contribution in [2.24, 2.45) is 0 Å². The van der Waals surface area contributed by atoms with Gasteiger partial charge in [-0.05, 0) is 36.4 Å². The van der Waals surface area contributed by atoms with Crippen molar-refractivity contribution in [3.8, 4) is 0 Å². The Labute approximate surface area is 166 Å². The van der Waals surface area contributed by atoms with Gasteiger partial charge in [0.05, 0.1) is 10.4 Å². The number of nitrogens with one attached hydrogen (secondary N) is 1. The maximum absolute atomic E-state index is 13.7. The Balaban J connectivity index is 1.88. The summed E-state index contributed by atoms with van der Waals surface area (Å²) in [5.74, 6) is 0. The highest BCUT2D eigenvalue weighted by Crippen LogP contribution is 2.35. The van der Waals surface area contributed by atoms with Gasteiger partial charge in [-0.2, -0.15) is 0 Å². The number of halogens is 3. The van der Waals surface area contributed by atoms with Crippen molar-refractivity contribution in [1.82, 2.24) is 9.29 Å². The van der Waals surface area contributed by atoms with Gasteiger partial charge in [-0.1, -0.05) is 17.7 Å². The van der Waals surface area contributed by atoms with Crippen LogP contribution in [0.5, 0.6) is 0 Å². The first-order chi connectivity index (χ1) is 13.4. The number of hydrogen-bond donors (Lipinski definition) is 1. The zero-order valence-electron chi connectivity index (χ0n) is 14.8. The molecule has 0 saturated carbocycles. The topological polar surface area (TPSA) is 54.3 Å². The van der Waals surface area contributed by atoms with E-state index in [4.69, 9.17) is 11.6 Å². The summed E-state index contributed by atoms with van der Waals surface area (Å²) in [6.45, 7) is 3.14. The van der Waals surface area contributed by atoms with Crippen molar-refractivity contribution in [1.29, 1.82) is 0 Å². The number of piperazine rings is 1. The van der Waals surface area contributed by atoms with Gasteiger partial charge in [0, 0.05) is 54.0 Å². The second kappa shape index (κ2) is 7.35. The molecule has 2 aromatic carbocycles. The number of fused-ring (bicyclic) bond motifs is 1. The minimum atomic E-state index is -4.06. The molecule has 0 amide bonds. The lowest BCUT2D eigenvalue weighted by atomic mass is 10.1. The van der Waals surface area contributed by atoms with E-state index in [1.165, 1.54) is 18.2 Å². The van der Waals surface area contributed by atoms with E-state index in [9.17, 15) is 17.2 Å². The van der Waals surface area contributed by atoms with E-state index < -0.39 is 16.4 Å². The molecule has 1 aromatic heterocycles. The monoisotopic (exact) mass is 425 g/mol. The summed E-state index contributed by atoms with van der Waals surface area (Å²) in [7, 11) is -4.06. The average molecular weight is 426 g/mol. The van der Waals surface area contributed by atoms with E-state index in [1.807, 2.05) is 0 Å². The van der Waals surface area contributed by atoms with E-state index >= 15 is 0 Å². The van der Waals surface area contributed by atoms with Crippen LogP contribution < -0.4 is 10.2 Å². The fourth-order valence-corrected chi connectivity index (χ4v) is 5.13. The van der Waals surface area contributed by atoms with Gasteiger partial charge in [-0.25, -0.2) is 21.2 Å². The molecule has 1 fully saturated rings. The van der Waals surface area contributed by atoms with Gasteiger partial charge >= 0.3 is 0 Å². The zero-order valence-corrected chi connectivity index (χ0v) is 16.4. The highest BCUT2D eigenvalue weighted by molar-refractivity contribution is 7.90. The van der Waals surface area contributed by atoms with Gasteiger partial charge in [0.15, 0.2) is 0 Å². The standard InChI is InChI=1S/C19H18ClF2N3O2S/c20-13-2-1-3-15(10-13)28(26,27)25-12-17(19(21)22)16-11-14(4-5-18(16)25)24-8-6-23-7-9-24/h1-5,10-12,19,23H,6-9H2. The molecule has 0 spiro atoms. The van der Waals surface area contributed by atoms with E-state index in [-0.39, 0.29) is 26.4 Å². The zero-order chi connectivity index (χ0) is 19.9. The number of rotatable bonds is 4. The van der Waals surface area contributed by atoms with Gasteiger partial charge in [0.1, 0.15) is 0 Å². The Morgan fingerprint density at radius 1 is 1.07 bits per heavy atom. The van der Waals surface area contributed by atoms with Gasteiger partial charge < -0.3 is 10.2 Å². The molecule has 0 radical (unpaired) electrons. The molecule has 0 aliphatic carbocycles. The first kappa shape index (κ1) is 19.2. The van der Waals surface area contributed by atoms with Crippen LogP contribution in [-0.4, -0.2) is 38.6 Å². The summed E-state index contributed by atoms with van der Waals surface area (Å²) in [6, 6.07) is 10.8. The maximum Gasteiger partial charge on any atom is 0.268 e. The molecule has 1 aliphatic heterocycles. The van der Waals surface area contributed by atoms with Crippen LogP contribution in [0.2, 0.25) is 5.02 Å². The Hall–Kier alpha value is -2.16. The lowest BCUT2D eigenvalue weighted by molar-refractivity contribution is 0.153. The van der Waals surface area contributed by atoms with Crippen molar-refractivity contribution >= 4 is 38.2 Å². The molecule has 28 heavy (non-hydrogen) atoms. The van der Waals surface area contributed by atoms with Crippen LogP contribution in [0.1, 0.15) is 12.0 Å². The third-order valence-electron chi connectivity index (χ3n) is 4.86. The fraction of sp³-hybridized carbons (Fsp3) is 0.263. The number of alkyl halides is 2. The number of anilines is 1. The number of aromatic nitrogens is 1. The fourth-order valence-electron chi connectivity index (χ4n) is 3.45. The van der Waals surface area contributed by atoms with E-state index in [0.717, 1.165) is 42.0 Å². The Morgan fingerprint density at radius 3 is 2.50 bits per heavy atom. The molecule has 3 aromatic rings. The number of nitrogens with zero attached hydrogens (tertiary/aromatic N) is 2. The predicted molar refractivity (Wildman–Crippen MR) is 106 cm³/mol. The Bertz CT molecular complexity index is 1130. The minimum Gasteiger partial charge on any atom is -0.369 e. The van der Waals surface area contributed by atoms with Gasteiger partial charge in [-0.3, -0.25) is 0 Å². The summed E-state index contributed by atoms with van der Waals surface area (Å²) in [4.78, 5) is 2.04. The smallest absolute Gasteiger partial charge is 0.268 e. The SMILES string of the molecule is O=S(=O)(c1cccc(Cl)c1)n1cc(C(F)F)c2cc(N3CCNCC3)ccc21. The molecule has 5 nitrogen and oxygen atoms in total. The van der Waals surface area contributed by atoms with E-state index in [2.05, 4.69) is 10.2 Å². The summed E-state index contributed by atoms with van der Waals surface area (Å²) in [5, 5.41) is 3.73. The van der Waals surface area contributed by atoms with Gasteiger partial charge in [0.25, 0.3) is 16.4 Å². The summed E-state index contributed by atoms with van der Waals surface area (Å²) in [5.41, 5.74) is 0.709. The number of benzene rings is 2. The molecule has 9 heteroatoms. The van der Waals surface area contributed by atoms with Crippen molar-refractivity contribution in [3.63, 3.8) is 0 Å². The van der Waals surface area contributed by atoms with Crippen molar-refractivity contribution < 1.29 is 17.2 Å². The highest BCUT2D eigenvalue weighted by atomic mass is 35.5. The summed E-state index contributed by atoms with van der Waals surface area (Å²) >= 11 is 5.91. The molecular weight excluding hydrogens is 408 g/mol. The Morgan fingerprint density at radius 2 is 1.82 bits per heavy atom. The third-order valence-corrected chi connectivity index (χ3v) is 6.76. The minimum absolute atomic E-state index is 0.0519. The molecule has 148 valence electrons. The van der Waals surface area contributed by atoms with Crippen molar-refractivity contribution in [2.45, 2.75) is 11.3 Å². The third kappa shape index (κ3) is 3.36. The quantitative estimate of drug-likeness (QED) is 0.689. The largest absolute Gasteiger partial charge is 0.369 e. The van der Waals surface area contributed by atoms with Crippen LogP contribution in [0.15, 0.2) is 53.6 Å². The van der Waals surface area contributed by atoms with Crippen molar-refractivity contribution in [3.05, 3.63) is 59.2 Å². The van der Waals surface area contributed by atoms with Crippen LogP contribution >= 0.6 is 11.6 Å². The average Bonchev–Trinajstić information content (AvgIpc) is 3.08. The molecule has 1 saturated heterocycles. The Kier molecular flexibility index (Phi) is 5.03. The molecule has 0 unspecified atom stereocenters. The molecular formula is C19H18ClF2N3O2S. The van der Waals surface area contributed by atoms with Crippen molar-refractivity contribution in [2.75, 3.05) is 31.1 Å². The normalized spacial score (nSPS) is 15.5. The van der Waals surface area contributed by atoms with Gasteiger partial charge in [-0.15, -0.1) is 0 Å². The number of hydrogen-bond acceptors (Lipinski definition) is 4. The molecule has 2 heterocycles. The molecule has 0 atom stereocenters. The van der Waals surface area contributed by atoms with Crippen LogP contribution in [0.25, 0.3) is 10.9 Å². The van der Waals surface area contributed by atoms with Crippen LogP contribution in [0.3, 0.4) is 0 Å². The van der Waals surface area contributed by atoms with Crippen LogP contribution in [-0.2, 0) is 10.0 Å². The van der Waals surface area contributed by atoms with E-state index in [0.29, 0.717) is 0 Å². The first-order valence-electron chi connectivity index (χ1n) is 8.78. The summed E-state index contributed by atoms with van der Waals surface area (Å²) in [6.07, 6.45) is -1.79. The highest BCUT2D eigenvalue weighted by Gasteiger charge is 2.25. The van der Waals surface area contributed by atoms with E-state index in [1.54, 1.807) is 24.3 Å². The molecule has 1 N–H and O–H groups in total. The molecule has 0 bridgehead atoms. The lowest BCUT2D eigenvalue weighted by Crippen LogP contribution is -2.43. The van der Waals surface area contributed by atoms with Crippen LogP contribution in [0.4, 0.5) is 14.5 Å². The second-order valence-corrected chi connectivity index (χ2v) is 8.83. The molecule has 4 rings (SSSR count). The van der Waals surface area contributed by atoms with Crippen LogP contribution in [0, 0.1) is 0 Å². The lowest BCUT2D eigenvalue weighted by Gasteiger charge is -2.29. The summed E-state index contributed by atoms with van der Waals surface area (Å²) < 4.78 is 54.4. The first-order valence-corrected chi connectivity index (χ1v) is 10.6. The maximum atomic E-state index is 13.7. The second-order valence-electron chi connectivity index (χ2n) is 6.58. The molecule has 1 aliphatic rings. The van der Waals surface area contributed by atoms with Gasteiger partial charge in [0.2, 0.25) is 0 Å². The predicted octanol–water partition coefficient (Wildman–Crippen LogP) is 3.88.